The highest BCUT2D eigenvalue weighted by Crippen LogP contribution is 2.51. The average molecular weight is 691 g/mol. The summed E-state index contributed by atoms with van der Waals surface area (Å²) in [6, 6.07) is 63.2. The minimum absolute atomic E-state index is 0.662. The Balaban J connectivity index is 1.10. The lowest BCUT2D eigenvalue weighted by atomic mass is 9.87. The number of rotatable bonds is 5. The third kappa shape index (κ3) is 5.00. The molecule has 2 aromatic heterocycles. The Morgan fingerprint density at radius 2 is 1.04 bits per heavy atom. The number of hydrogen-bond acceptors (Lipinski definition) is 4. The van der Waals surface area contributed by atoms with Gasteiger partial charge in [-0.05, 0) is 81.7 Å². The molecule has 0 spiro atoms. The van der Waals surface area contributed by atoms with Gasteiger partial charge in [0.25, 0.3) is 0 Å². The van der Waals surface area contributed by atoms with E-state index in [4.69, 9.17) is 19.1 Å². The first-order chi connectivity index (χ1) is 26.7. The van der Waals surface area contributed by atoms with E-state index < -0.39 is 0 Å². The lowest BCUT2D eigenvalue weighted by Gasteiger charge is -2.25. The predicted octanol–water partition coefficient (Wildman–Crippen LogP) is 13.6. The number of hydrogen-bond donors (Lipinski definition) is 0. The summed E-state index contributed by atoms with van der Waals surface area (Å²) in [4.78, 5) is 10.4. The Kier molecular flexibility index (Phi) is 6.82. The number of para-hydroxylation sites is 1. The first kappa shape index (κ1) is 30.3. The molecule has 0 atom stereocenters. The molecule has 0 unspecified atom stereocenters. The van der Waals surface area contributed by atoms with E-state index in [-0.39, 0.29) is 0 Å². The van der Waals surface area contributed by atoms with Crippen molar-refractivity contribution >= 4 is 32.7 Å². The Labute approximate surface area is 311 Å². The number of nitrogens with zero attached hydrogens (tertiary/aromatic N) is 2. The van der Waals surface area contributed by atoms with Crippen LogP contribution in [-0.2, 0) is 0 Å². The quantitative estimate of drug-likeness (QED) is 0.180. The van der Waals surface area contributed by atoms with E-state index in [2.05, 4.69) is 152 Å². The molecule has 1 aliphatic rings. The SMILES string of the molecule is c1ccc(-c2nc(-c3cccc(-c4ccc5oc6ccccc6c5c4)c3)cc(-c3cc4c(c(-c5ccccc5)c3)-c3cccc5cccc(c35)O4)n2)cc1. The molecule has 3 heterocycles. The topological polar surface area (TPSA) is 48.2 Å². The molecule has 252 valence electrons. The van der Waals surface area contributed by atoms with E-state index >= 15 is 0 Å². The van der Waals surface area contributed by atoms with Crippen LogP contribution in [0.2, 0.25) is 0 Å². The summed E-state index contributed by atoms with van der Waals surface area (Å²) in [5.41, 5.74) is 13.0. The average Bonchev–Trinajstić information content (AvgIpc) is 3.62. The van der Waals surface area contributed by atoms with E-state index in [0.717, 1.165) is 100 Å². The molecule has 10 aromatic rings. The molecule has 0 saturated heterocycles. The van der Waals surface area contributed by atoms with Crippen LogP contribution in [0, 0.1) is 0 Å². The van der Waals surface area contributed by atoms with Crippen LogP contribution in [0.15, 0.2) is 186 Å². The van der Waals surface area contributed by atoms with Gasteiger partial charge in [-0.15, -0.1) is 0 Å². The summed E-state index contributed by atoms with van der Waals surface area (Å²) < 4.78 is 12.9. The van der Waals surface area contributed by atoms with E-state index in [9.17, 15) is 0 Å². The van der Waals surface area contributed by atoms with Crippen LogP contribution < -0.4 is 4.74 Å². The minimum atomic E-state index is 0.662. The molecule has 0 amide bonds. The summed E-state index contributed by atoms with van der Waals surface area (Å²) in [7, 11) is 0. The summed E-state index contributed by atoms with van der Waals surface area (Å²) >= 11 is 0. The lowest BCUT2D eigenvalue weighted by Crippen LogP contribution is -2.01. The number of furan rings is 1. The molecule has 0 bridgehead atoms. The predicted molar refractivity (Wildman–Crippen MR) is 220 cm³/mol. The third-order valence-electron chi connectivity index (χ3n) is 10.5. The van der Waals surface area contributed by atoms with Crippen LogP contribution in [-0.4, -0.2) is 9.97 Å². The minimum Gasteiger partial charge on any atom is -0.456 e. The summed E-state index contributed by atoms with van der Waals surface area (Å²) in [6.07, 6.45) is 0. The van der Waals surface area contributed by atoms with Crippen LogP contribution in [0.3, 0.4) is 0 Å². The smallest absolute Gasteiger partial charge is 0.160 e. The highest BCUT2D eigenvalue weighted by Gasteiger charge is 2.25. The van der Waals surface area contributed by atoms with Crippen molar-refractivity contribution in [3.05, 3.63) is 182 Å². The molecule has 0 saturated carbocycles. The molecule has 1 aliphatic heterocycles. The third-order valence-corrected chi connectivity index (χ3v) is 10.5. The van der Waals surface area contributed by atoms with Gasteiger partial charge in [-0.2, -0.15) is 0 Å². The maximum Gasteiger partial charge on any atom is 0.160 e. The van der Waals surface area contributed by atoms with E-state index in [0.29, 0.717) is 5.82 Å². The van der Waals surface area contributed by atoms with Crippen LogP contribution in [0.1, 0.15) is 0 Å². The van der Waals surface area contributed by atoms with Gasteiger partial charge < -0.3 is 9.15 Å². The van der Waals surface area contributed by atoms with Crippen LogP contribution in [0.25, 0.3) is 100.0 Å². The van der Waals surface area contributed by atoms with Crippen LogP contribution in [0.5, 0.6) is 11.5 Å². The fourth-order valence-corrected chi connectivity index (χ4v) is 7.91. The van der Waals surface area contributed by atoms with Gasteiger partial charge in [0.1, 0.15) is 22.7 Å². The fourth-order valence-electron chi connectivity index (χ4n) is 7.91. The van der Waals surface area contributed by atoms with Crippen LogP contribution in [0.4, 0.5) is 0 Å². The molecular weight excluding hydrogens is 661 g/mol. The first-order valence-corrected chi connectivity index (χ1v) is 18.1. The van der Waals surface area contributed by atoms with Gasteiger partial charge in [-0.1, -0.05) is 133 Å². The molecule has 0 fully saturated rings. The normalized spacial score (nSPS) is 11.9. The lowest BCUT2D eigenvalue weighted by molar-refractivity contribution is 0.487. The number of ether oxygens (including phenoxy) is 1. The standard InChI is InChI=1S/C50H30N2O2/c1-3-12-31(13-4-1)40-28-37(29-47-49(40)39-21-10-16-32-17-11-23-46(54-47)48(32)39)43-30-42(51-50(52-43)33-14-5-2-6-15-33)36-19-9-18-34(26-36)35-24-25-45-41(27-35)38-20-7-8-22-44(38)53-45/h1-30H. The van der Waals surface area contributed by atoms with Crippen molar-refractivity contribution in [2.24, 2.45) is 0 Å². The van der Waals surface area contributed by atoms with E-state index in [1.165, 1.54) is 5.56 Å². The number of aromatic nitrogens is 2. The Bertz CT molecular complexity index is 3070. The second-order valence-electron chi connectivity index (χ2n) is 13.7. The van der Waals surface area contributed by atoms with E-state index in [1.807, 2.05) is 30.3 Å². The molecule has 4 heteroatoms. The second kappa shape index (κ2) is 12.1. The van der Waals surface area contributed by atoms with Crippen molar-refractivity contribution in [1.29, 1.82) is 0 Å². The van der Waals surface area contributed by atoms with Gasteiger partial charge in [-0.25, -0.2) is 9.97 Å². The zero-order valence-electron chi connectivity index (χ0n) is 29.0. The second-order valence-corrected chi connectivity index (χ2v) is 13.7. The summed E-state index contributed by atoms with van der Waals surface area (Å²) in [5.74, 6) is 2.33. The Morgan fingerprint density at radius 3 is 1.89 bits per heavy atom. The molecule has 4 nitrogen and oxygen atoms in total. The Morgan fingerprint density at radius 1 is 0.370 bits per heavy atom. The number of fused-ring (bicyclic) bond motifs is 5. The van der Waals surface area contributed by atoms with Gasteiger partial charge in [0, 0.05) is 38.4 Å². The van der Waals surface area contributed by atoms with Crippen molar-refractivity contribution in [1.82, 2.24) is 9.97 Å². The Hall–Kier alpha value is -7.30. The summed E-state index contributed by atoms with van der Waals surface area (Å²) in [5, 5.41) is 4.51. The molecule has 54 heavy (non-hydrogen) atoms. The molecule has 0 radical (unpaired) electrons. The van der Waals surface area contributed by atoms with Gasteiger partial charge in [0.15, 0.2) is 5.82 Å². The highest BCUT2D eigenvalue weighted by atomic mass is 16.5. The molecular formula is C50H30N2O2. The van der Waals surface area contributed by atoms with E-state index in [1.54, 1.807) is 0 Å². The van der Waals surface area contributed by atoms with Crippen molar-refractivity contribution in [2.45, 2.75) is 0 Å². The molecule has 0 N–H and O–H groups in total. The van der Waals surface area contributed by atoms with Gasteiger partial charge in [0.05, 0.1) is 11.4 Å². The van der Waals surface area contributed by atoms with Gasteiger partial charge >= 0.3 is 0 Å². The molecule has 0 aliphatic carbocycles. The van der Waals surface area contributed by atoms with Crippen molar-refractivity contribution in [2.75, 3.05) is 0 Å². The zero-order chi connectivity index (χ0) is 35.6. The highest BCUT2D eigenvalue weighted by molar-refractivity contribution is 6.08. The largest absolute Gasteiger partial charge is 0.456 e. The summed E-state index contributed by atoms with van der Waals surface area (Å²) in [6.45, 7) is 0. The number of benzene rings is 8. The molecule has 11 rings (SSSR count). The van der Waals surface area contributed by atoms with Gasteiger partial charge in [-0.3, -0.25) is 0 Å². The first-order valence-electron chi connectivity index (χ1n) is 18.1. The maximum absolute atomic E-state index is 6.77. The van der Waals surface area contributed by atoms with Crippen molar-refractivity contribution in [3.8, 4) is 78.8 Å². The van der Waals surface area contributed by atoms with Crippen molar-refractivity contribution in [3.63, 3.8) is 0 Å². The van der Waals surface area contributed by atoms with Gasteiger partial charge in [0.2, 0.25) is 0 Å². The van der Waals surface area contributed by atoms with Crippen molar-refractivity contribution < 1.29 is 9.15 Å². The monoisotopic (exact) mass is 690 g/mol. The van der Waals surface area contributed by atoms with Crippen LogP contribution >= 0.6 is 0 Å². The zero-order valence-corrected chi connectivity index (χ0v) is 29.0. The molecule has 8 aromatic carbocycles. The fraction of sp³-hybridized carbons (Fsp3) is 0. The maximum atomic E-state index is 6.77.